The van der Waals surface area contributed by atoms with Crippen LogP contribution in [0.15, 0.2) is 72.9 Å². The molecule has 0 saturated carbocycles. The van der Waals surface area contributed by atoms with E-state index in [4.69, 9.17) is 0 Å². The molecule has 1 aromatic heterocycles. The second-order valence-electron chi connectivity index (χ2n) is 5.74. The minimum absolute atomic E-state index is 0.0839. The first-order chi connectivity index (χ1) is 12.1. The van der Waals surface area contributed by atoms with Crippen LogP contribution < -0.4 is 5.32 Å². The molecule has 4 nitrogen and oxygen atoms in total. The van der Waals surface area contributed by atoms with Crippen LogP contribution in [0, 0.1) is 6.92 Å². The zero-order chi connectivity index (χ0) is 17.6. The van der Waals surface area contributed by atoms with Crippen molar-refractivity contribution in [3.8, 4) is 0 Å². The van der Waals surface area contributed by atoms with Gasteiger partial charge in [-0.25, -0.2) is 0 Å². The molecule has 0 bridgehead atoms. The number of hydrogen-bond acceptors (Lipinski definition) is 3. The summed E-state index contributed by atoms with van der Waals surface area (Å²) >= 11 is 0. The van der Waals surface area contributed by atoms with Crippen LogP contribution in [-0.2, 0) is 6.42 Å². The maximum atomic E-state index is 12.6. The van der Waals surface area contributed by atoms with Gasteiger partial charge in [0.25, 0.3) is 5.91 Å². The highest BCUT2D eigenvalue weighted by Gasteiger charge is 2.15. The third-order valence-electron chi connectivity index (χ3n) is 3.93. The van der Waals surface area contributed by atoms with Crippen molar-refractivity contribution in [2.75, 3.05) is 5.32 Å². The van der Waals surface area contributed by atoms with E-state index >= 15 is 0 Å². The van der Waals surface area contributed by atoms with Gasteiger partial charge >= 0.3 is 0 Å². The molecule has 0 aliphatic heterocycles. The number of ketones is 1. The van der Waals surface area contributed by atoms with Crippen molar-refractivity contribution in [3.05, 3.63) is 95.3 Å². The first kappa shape index (κ1) is 16.6. The highest BCUT2D eigenvalue weighted by molar-refractivity contribution is 6.10. The van der Waals surface area contributed by atoms with Gasteiger partial charge in [0, 0.05) is 23.0 Å². The maximum Gasteiger partial charge on any atom is 0.255 e. The van der Waals surface area contributed by atoms with E-state index in [1.54, 1.807) is 36.5 Å². The van der Waals surface area contributed by atoms with E-state index in [0.717, 1.165) is 5.56 Å². The number of hydrogen-bond donors (Lipinski definition) is 1. The summed E-state index contributed by atoms with van der Waals surface area (Å²) in [6.07, 6.45) is 1.85. The topological polar surface area (TPSA) is 59.1 Å². The average Bonchev–Trinajstić information content (AvgIpc) is 2.63. The molecule has 124 valence electrons. The van der Waals surface area contributed by atoms with Gasteiger partial charge in [0.1, 0.15) is 0 Å². The summed E-state index contributed by atoms with van der Waals surface area (Å²) in [4.78, 5) is 29.3. The summed E-state index contributed by atoms with van der Waals surface area (Å²) < 4.78 is 0. The van der Waals surface area contributed by atoms with Crippen molar-refractivity contribution in [1.29, 1.82) is 0 Å². The van der Waals surface area contributed by atoms with Gasteiger partial charge in [0.2, 0.25) is 0 Å². The minimum Gasteiger partial charge on any atom is -0.321 e. The third kappa shape index (κ3) is 3.98. The van der Waals surface area contributed by atoms with Crippen LogP contribution in [0.3, 0.4) is 0 Å². The van der Waals surface area contributed by atoms with Gasteiger partial charge in [-0.15, -0.1) is 0 Å². The molecule has 0 fully saturated rings. The predicted molar refractivity (Wildman–Crippen MR) is 97.8 cm³/mol. The Hall–Kier alpha value is -3.27. The van der Waals surface area contributed by atoms with E-state index in [9.17, 15) is 9.59 Å². The number of Topliss-reactive ketones (excluding diaryl/α,β-unsaturated/α-hetero) is 1. The lowest BCUT2D eigenvalue weighted by Gasteiger charge is -2.11. The van der Waals surface area contributed by atoms with Crippen molar-refractivity contribution in [3.63, 3.8) is 0 Å². The number of amides is 1. The highest BCUT2D eigenvalue weighted by atomic mass is 16.1. The van der Waals surface area contributed by atoms with Crippen molar-refractivity contribution in [2.24, 2.45) is 0 Å². The van der Waals surface area contributed by atoms with Crippen LogP contribution >= 0.6 is 0 Å². The van der Waals surface area contributed by atoms with Crippen molar-refractivity contribution in [2.45, 2.75) is 13.3 Å². The van der Waals surface area contributed by atoms with Crippen LogP contribution in [0.25, 0.3) is 0 Å². The van der Waals surface area contributed by atoms with Crippen LogP contribution in [-0.4, -0.2) is 16.7 Å². The summed E-state index contributed by atoms with van der Waals surface area (Å²) in [5.74, 6) is -0.310. The molecule has 2 aromatic carbocycles. The van der Waals surface area contributed by atoms with E-state index in [2.05, 4.69) is 10.3 Å². The molecule has 3 aromatic rings. The van der Waals surface area contributed by atoms with E-state index in [-0.39, 0.29) is 18.1 Å². The summed E-state index contributed by atoms with van der Waals surface area (Å²) in [5.41, 5.74) is 3.17. The number of aromatic nitrogens is 1. The number of carbonyl (C=O) groups is 2. The lowest BCUT2D eigenvalue weighted by molar-refractivity contribution is 0.0993. The quantitative estimate of drug-likeness (QED) is 0.718. The minimum atomic E-state index is -0.226. The fourth-order valence-corrected chi connectivity index (χ4v) is 2.62. The Kier molecular flexibility index (Phi) is 5.00. The van der Waals surface area contributed by atoms with Crippen LogP contribution in [0.2, 0.25) is 0 Å². The Balaban J connectivity index is 1.82. The Morgan fingerprint density at radius 1 is 0.880 bits per heavy atom. The number of carbonyl (C=O) groups excluding carboxylic acids is 2. The lowest BCUT2D eigenvalue weighted by atomic mass is 10.0. The van der Waals surface area contributed by atoms with E-state index < -0.39 is 0 Å². The molecule has 1 heterocycles. The fourth-order valence-electron chi connectivity index (χ4n) is 2.62. The summed E-state index contributed by atoms with van der Waals surface area (Å²) in [7, 11) is 0. The van der Waals surface area contributed by atoms with Crippen molar-refractivity contribution >= 4 is 17.4 Å². The number of nitrogens with zero attached hydrogens (tertiary/aromatic N) is 1. The molecule has 4 heteroatoms. The Bertz CT molecular complexity index is 905. The Morgan fingerprint density at radius 2 is 1.56 bits per heavy atom. The third-order valence-corrected chi connectivity index (χ3v) is 3.93. The number of rotatable bonds is 5. The number of pyridine rings is 1. The number of nitrogens with one attached hydrogen (secondary N) is 1. The van der Waals surface area contributed by atoms with Gasteiger partial charge in [-0.2, -0.15) is 0 Å². The first-order valence-electron chi connectivity index (χ1n) is 8.04. The molecule has 0 aliphatic carbocycles. The van der Waals surface area contributed by atoms with Crippen molar-refractivity contribution in [1.82, 2.24) is 4.98 Å². The molecular formula is C21H18N2O2. The van der Waals surface area contributed by atoms with Crippen LogP contribution in [0.5, 0.6) is 0 Å². The van der Waals surface area contributed by atoms with E-state index in [1.165, 1.54) is 0 Å². The van der Waals surface area contributed by atoms with Gasteiger partial charge in [-0.1, -0.05) is 36.4 Å². The van der Waals surface area contributed by atoms with Crippen LogP contribution in [0.1, 0.15) is 32.0 Å². The van der Waals surface area contributed by atoms with Gasteiger partial charge in [0.05, 0.1) is 12.1 Å². The molecule has 0 radical (unpaired) electrons. The summed E-state index contributed by atoms with van der Waals surface area (Å²) in [5, 5.41) is 2.85. The monoisotopic (exact) mass is 330 g/mol. The molecule has 0 unspecified atom stereocenters. The standard InChI is InChI=1S/C21H18N2O2/c1-15-8-2-3-10-17(15)21(25)23-19-12-5-4-11-18(19)20(24)14-16-9-6-7-13-22-16/h2-13H,14H2,1H3,(H,23,25). The molecule has 1 N–H and O–H groups in total. The van der Waals surface area contributed by atoms with E-state index in [1.807, 2.05) is 43.3 Å². The number of anilines is 1. The number of aryl methyl sites for hydroxylation is 1. The van der Waals surface area contributed by atoms with Gasteiger partial charge in [-0.05, 0) is 42.8 Å². The molecule has 0 saturated heterocycles. The second kappa shape index (κ2) is 7.53. The normalized spacial score (nSPS) is 10.3. The second-order valence-corrected chi connectivity index (χ2v) is 5.74. The fraction of sp³-hybridized carbons (Fsp3) is 0.0952. The summed E-state index contributed by atoms with van der Waals surface area (Å²) in [6.45, 7) is 1.88. The number of para-hydroxylation sites is 1. The number of benzene rings is 2. The largest absolute Gasteiger partial charge is 0.321 e. The van der Waals surface area contributed by atoms with Gasteiger partial charge < -0.3 is 5.32 Å². The lowest BCUT2D eigenvalue weighted by Crippen LogP contribution is -2.16. The van der Waals surface area contributed by atoms with E-state index in [0.29, 0.717) is 22.5 Å². The zero-order valence-corrected chi connectivity index (χ0v) is 13.9. The first-order valence-corrected chi connectivity index (χ1v) is 8.04. The molecule has 0 atom stereocenters. The molecule has 1 amide bonds. The maximum absolute atomic E-state index is 12.6. The van der Waals surface area contributed by atoms with Gasteiger partial charge in [-0.3, -0.25) is 14.6 Å². The predicted octanol–water partition coefficient (Wildman–Crippen LogP) is 4.07. The highest BCUT2D eigenvalue weighted by Crippen LogP contribution is 2.19. The summed E-state index contributed by atoms with van der Waals surface area (Å²) in [6, 6.07) is 19.9. The molecule has 25 heavy (non-hydrogen) atoms. The molecule has 0 aliphatic rings. The smallest absolute Gasteiger partial charge is 0.255 e. The Morgan fingerprint density at radius 3 is 2.28 bits per heavy atom. The SMILES string of the molecule is Cc1ccccc1C(=O)Nc1ccccc1C(=O)Cc1ccccn1. The molecular weight excluding hydrogens is 312 g/mol. The molecule has 0 spiro atoms. The van der Waals surface area contributed by atoms with Crippen molar-refractivity contribution < 1.29 is 9.59 Å². The van der Waals surface area contributed by atoms with Gasteiger partial charge in [0.15, 0.2) is 5.78 Å². The Labute approximate surface area is 146 Å². The molecule has 3 rings (SSSR count). The zero-order valence-electron chi connectivity index (χ0n) is 13.9. The average molecular weight is 330 g/mol. The van der Waals surface area contributed by atoms with Crippen LogP contribution in [0.4, 0.5) is 5.69 Å².